The zero-order valence-corrected chi connectivity index (χ0v) is 16.0. The Morgan fingerprint density at radius 3 is 2.46 bits per heavy atom. The van der Waals surface area contributed by atoms with Crippen molar-refractivity contribution in [2.45, 2.75) is 30.6 Å². The van der Waals surface area contributed by atoms with Gasteiger partial charge in [-0.15, -0.1) is 0 Å². The highest BCUT2D eigenvalue weighted by atomic mass is 32.2. The summed E-state index contributed by atoms with van der Waals surface area (Å²) < 4.78 is 27.1. The van der Waals surface area contributed by atoms with Crippen molar-refractivity contribution in [3.63, 3.8) is 0 Å². The van der Waals surface area contributed by atoms with Crippen LogP contribution >= 0.6 is 0 Å². The van der Waals surface area contributed by atoms with E-state index in [0.717, 1.165) is 51.9 Å². The zero-order chi connectivity index (χ0) is 18.7. The summed E-state index contributed by atoms with van der Waals surface area (Å²) in [5.74, 6) is 0. The molecule has 2 saturated heterocycles. The second-order valence-corrected chi connectivity index (χ2v) is 9.11. The summed E-state index contributed by atoms with van der Waals surface area (Å²) >= 11 is 0. The van der Waals surface area contributed by atoms with Crippen LogP contribution in [0.5, 0.6) is 0 Å². The molecule has 9 heteroatoms. The third-order valence-electron chi connectivity index (χ3n) is 5.28. The Morgan fingerprint density at radius 2 is 1.77 bits per heavy atom. The Hall–Kier alpha value is -1.71. The molecule has 2 fully saturated rings. The molecular weight excluding hydrogens is 356 g/mol. The maximum Gasteiger partial charge on any atom is 0.293 e. The molecule has 1 unspecified atom stereocenters. The Morgan fingerprint density at radius 1 is 1.04 bits per heavy atom. The zero-order valence-electron chi connectivity index (χ0n) is 15.2. The molecule has 1 atom stereocenters. The minimum Gasteiger partial charge on any atom is -0.360 e. The molecule has 8 nitrogen and oxygen atoms in total. The molecule has 2 aliphatic heterocycles. The standard InChI is InChI=1S/C17H26N4O4S/c1-18-8-5-9-19(13-12-18)16-7-6-15(14-17(16)21(22)23)26(24,25)20-10-3-2-4-11-20/h6-7,14H,2-5,8-13H2,1H3/p+1. The number of anilines is 1. The van der Waals surface area contributed by atoms with E-state index >= 15 is 0 Å². The molecule has 1 aromatic rings. The predicted octanol–water partition coefficient (Wildman–Crippen LogP) is 0.494. The van der Waals surface area contributed by atoms with Gasteiger partial charge in [-0.25, -0.2) is 8.42 Å². The summed E-state index contributed by atoms with van der Waals surface area (Å²) in [6.45, 7) is 4.39. The van der Waals surface area contributed by atoms with Gasteiger partial charge < -0.3 is 9.80 Å². The minimum absolute atomic E-state index is 0.0208. The smallest absolute Gasteiger partial charge is 0.293 e. The van der Waals surface area contributed by atoms with Crippen LogP contribution < -0.4 is 9.80 Å². The van der Waals surface area contributed by atoms with Gasteiger partial charge in [0.25, 0.3) is 5.69 Å². The number of benzene rings is 1. The average Bonchev–Trinajstić information content (AvgIpc) is 2.86. The highest BCUT2D eigenvalue weighted by molar-refractivity contribution is 7.89. The SMILES string of the molecule is C[NH+]1CCCN(c2ccc(S(=O)(=O)N3CCCCC3)cc2[N+](=O)[O-])CC1. The van der Waals surface area contributed by atoms with Gasteiger partial charge in [-0.1, -0.05) is 6.42 Å². The molecule has 144 valence electrons. The quantitative estimate of drug-likeness (QED) is 0.604. The van der Waals surface area contributed by atoms with Gasteiger partial charge in [0.1, 0.15) is 5.69 Å². The van der Waals surface area contributed by atoms with Gasteiger partial charge in [-0.2, -0.15) is 4.31 Å². The van der Waals surface area contributed by atoms with Gasteiger partial charge >= 0.3 is 0 Å². The molecule has 0 spiro atoms. The van der Waals surface area contributed by atoms with Crippen molar-refractivity contribution in [1.82, 2.24) is 4.31 Å². The van der Waals surface area contributed by atoms with Gasteiger partial charge in [-0.05, 0) is 25.0 Å². The molecule has 3 rings (SSSR count). The predicted molar refractivity (Wildman–Crippen MR) is 99.2 cm³/mol. The number of hydrogen-bond donors (Lipinski definition) is 1. The number of quaternary nitrogens is 1. The van der Waals surface area contributed by atoms with Crippen molar-refractivity contribution < 1.29 is 18.2 Å². The first-order valence-electron chi connectivity index (χ1n) is 9.24. The Labute approximate surface area is 154 Å². The van der Waals surface area contributed by atoms with E-state index in [9.17, 15) is 18.5 Å². The average molecular weight is 383 g/mol. The molecule has 2 heterocycles. The van der Waals surface area contributed by atoms with Crippen LogP contribution in [-0.2, 0) is 10.0 Å². The van der Waals surface area contributed by atoms with E-state index in [0.29, 0.717) is 18.8 Å². The number of hydrogen-bond acceptors (Lipinski definition) is 5. The largest absolute Gasteiger partial charge is 0.360 e. The first kappa shape index (κ1) is 19.1. The summed E-state index contributed by atoms with van der Waals surface area (Å²) in [6.07, 6.45) is 3.65. The van der Waals surface area contributed by atoms with Crippen LogP contribution in [0.25, 0.3) is 0 Å². The minimum atomic E-state index is -3.68. The Kier molecular flexibility index (Phi) is 5.79. The molecule has 26 heavy (non-hydrogen) atoms. The molecule has 0 radical (unpaired) electrons. The molecule has 0 amide bonds. The van der Waals surface area contributed by atoms with E-state index in [2.05, 4.69) is 7.05 Å². The van der Waals surface area contributed by atoms with Crippen molar-refractivity contribution in [1.29, 1.82) is 0 Å². The first-order chi connectivity index (χ1) is 12.4. The van der Waals surface area contributed by atoms with Crippen molar-refractivity contribution in [3.05, 3.63) is 28.3 Å². The monoisotopic (exact) mass is 383 g/mol. The molecule has 2 aliphatic rings. The number of likely N-dealkylation sites (N-methyl/N-ethyl adjacent to an activating group) is 1. The third kappa shape index (κ3) is 3.99. The normalized spacial score (nSPS) is 22.8. The fourth-order valence-corrected chi connectivity index (χ4v) is 5.24. The molecule has 0 aliphatic carbocycles. The number of nitrogens with zero attached hydrogens (tertiary/aromatic N) is 3. The maximum atomic E-state index is 12.8. The number of sulfonamides is 1. The molecular formula is C17H27N4O4S+. The lowest BCUT2D eigenvalue weighted by molar-refractivity contribution is -0.876. The van der Waals surface area contributed by atoms with Crippen LogP contribution in [0.1, 0.15) is 25.7 Å². The van der Waals surface area contributed by atoms with Crippen LogP contribution in [0, 0.1) is 10.1 Å². The summed E-state index contributed by atoms with van der Waals surface area (Å²) in [5.41, 5.74) is 0.393. The lowest BCUT2D eigenvalue weighted by atomic mass is 10.2. The number of nitro benzene ring substituents is 1. The fourth-order valence-electron chi connectivity index (χ4n) is 3.71. The maximum absolute atomic E-state index is 12.8. The Balaban J connectivity index is 1.93. The molecule has 1 N–H and O–H groups in total. The summed E-state index contributed by atoms with van der Waals surface area (Å²) in [6, 6.07) is 4.37. The van der Waals surface area contributed by atoms with Crippen LogP contribution in [0.15, 0.2) is 23.1 Å². The highest BCUT2D eigenvalue weighted by Gasteiger charge is 2.30. The van der Waals surface area contributed by atoms with Gasteiger partial charge in [0.15, 0.2) is 0 Å². The molecule has 1 aromatic carbocycles. The fraction of sp³-hybridized carbons (Fsp3) is 0.647. The lowest BCUT2D eigenvalue weighted by Crippen LogP contribution is -3.09. The summed E-state index contributed by atoms with van der Waals surface area (Å²) in [4.78, 5) is 14.6. The molecule has 0 bridgehead atoms. The second kappa shape index (κ2) is 7.89. The van der Waals surface area contributed by atoms with Crippen LogP contribution in [0.4, 0.5) is 11.4 Å². The van der Waals surface area contributed by atoms with E-state index in [-0.39, 0.29) is 10.6 Å². The van der Waals surface area contributed by atoms with Crippen LogP contribution in [-0.4, -0.2) is 64.0 Å². The molecule has 0 aromatic heterocycles. The second-order valence-electron chi connectivity index (χ2n) is 7.17. The third-order valence-corrected chi connectivity index (χ3v) is 7.17. The van der Waals surface area contributed by atoms with E-state index in [1.165, 1.54) is 21.3 Å². The van der Waals surface area contributed by atoms with E-state index < -0.39 is 14.9 Å². The van der Waals surface area contributed by atoms with E-state index in [4.69, 9.17) is 0 Å². The number of rotatable bonds is 4. The number of nitro groups is 1. The van der Waals surface area contributed by atoms with Gasteiger partial charge in [0.2, 0.25) is 10.0 Å². The van der Waals surface area contributed by atoms with Crippen molar-refractivity contribution >= 4 is 21.4 Å². The first-order valence-corrected chi connectivity index (χ1v) is 10.7. The Bertz CT molecular complexity index is 762. The summed E-state index contributed by atoms with van der Waals surface area (Å²) in [5, 5.41) is 11.6. The van der Waals surface area contributed by atoms with Gasteiger partial charge in [0.05, 0.1) is 36.5 Å². The number of piperidine rings is 1. The van der Waals surface area contributed by atoms with Crippen LogP contribution in [0.3, 0.4) is 0 Å². The van der Waals surface area contributed by atoms with E-state index in [1.807, 2.05) is 4.90 Å². The van der Waals surface area contributed by atoms with Gasteiger partial charge in [0, 0.05) is 32.1 Å². The topological polar surface area (TPSA) is 88.2 Å². The number of nitrogens with one attached hydrogen (secondary N) is 1. The van der Waals surface area contributed by atoms with Crippen molar-refractivity contribution in [2.75, 3.05) is 51.2 Å². The summed E-state index contributed by atoms with van der Waals surface area (Å²) in [7, 11) is -1.56. The van der Waals surface area contributed by atoms with Crippen molar-refractivity contribution in [2.24, 2.45) is 0 Å². The van der Waals surface area contributed by atoms with Crippen LogP contribution in [0.2, 0.25) is 0 Å². The lowest BCUT2D eigenvalue weighted by Gasteiger charge is -2.26. The molecule has 0 saturated carbocycles. The van der Waals surface area contributed by atoms with E-state index in [1.54, 1.807) is 6.07 Å². The van der Waals surface area contributed by atoms with Gasteiger partial charge in [-0.3, -0.25) is 10.1 Å². The van der Waals surface area contributed by atoms with Crippen molar-refractivity contribution in [3.8, 4) is 0 Å². The highest BCUT2D eigenvalue weighted by Crippen LogP contribution is 2.32.